The maximum absolute atomic E-state index is 11.4. The molecule has 6 heteroatoms. The molecule has 0 aromatic carbocycles. The molecule has 2 amide bonds. The van der Waals surface area contributed by atoms with Crippen LogP contribution in [0.3, 0.4) is 0 Å². The standard InChI is InChI=1S/C11H22N2O3S/c1-5-6-12-10(15)13-8-17-7-11(2,3)9(14)16-4/h5-8H2,1-4H3,(H2,12,13,15). The predicted octanol–water partition coefficient (Wildman–Crippen LogP) is 1.59. The molecule has 100 valence electrons. The summed E-state index contributed by atoms with van der Waals surface area (Å²) >= 11 is 1.49. The van der Waals surface area contributed by atoms with Crippen LogP contribution in [0.4, 0.5) is 4.79 Å². The maximum atomic E-state index is 11.4. The second-order valence-corrected chi connectivity index (χ2v) is 5.29. The van der Waals surface area contributed by atoms with Gasteiger partial charge in [-0.3, -0.25) is 4.79 Å². The summed E-state index contributed by atoms with van der Waals surface area (Å²) in [6.07, 6.45) is 0.913. The Hall–Kier alpha value is -0.910. The van der Waals surface area contributed by atoms with Crippen molar-refractivity contribution in [1.29, 1.82) is 0 Å². The zero-order valence-corrected chi connectivity index (χ0v) is 11.8. The third kappa shape index (κ3) is 7.10. The van der Waals surface area contributed by atoms with Crippen molar-refractivity contribution in [2.24, 2.45) is 5.41 Å². The number of methoxy groups -OCH3 is 1. The Morgan fingerprint density at radius 1 is 1.29 bits per heavy atom. The maximum Gasteiger partial charge on any atom is 0.315 e. The van der Waals surface area contributed by atoms with Gasteiger partial charge in [0.1, 0.15) is 0 Å². The van der Waals surface area contributed by atoms with E-state index in [1.807, 2.05) is 20.8 Å². The fraction of sp³-hybridized carbons (Fsp3) is 0.818. The van der Waals surface area contributed by atoms with Crippen molar-refractivity contribution in [3.8, 4) is 0 Å². The minimum atomic E-state index is -0.527. The summed E-state index contributed by atoms with van der Waals surface area (Å²) in [5, 5.41) is 5.42. The van der Waals surface area contributed by atoms with Crippen molar-refractivity contribution in [3.05, 3.63) is 0 Å². The van der Waals surface area contributed by atoms with Crippen molar-refractivity contribution >= 4 is 23.8 Å². The van der Waals surface area contributed by atoms with Gasteiger partial charge < -0.3 is 15.4 Å². The molecule has 0 spiro atoms. The highest BCUT2D eigenvalue weighted by Gasteiger charge is 2.28. The minimum Gasteiger partial charge on any atom is -0.469 e. The molecule has 0 aliphatic heterocycles. The Kier molecular flexibility index (Phi) is 7.78. The van der Waals surface area contributed by atoms with Crippen LogP contribution < -0.4 is 10.6 Å². The summed E-state index contributed by atoms with van der Waals surface area (Å²) in [5.41, 5.74) is -0.527. The first-order valence-corrected chi connectivity index (χ1v) is 6.77. The smallest absolute Gasteiger partial charge is 0.315 e. The lowest BCUT2D eigenvalue weighted by Gasteiger charge is -2.20. The summed E-state index contributed by atoms with van der Waals surface area (Å²) in [4.78, 5) is 22.6. The number of rotatable bonds is 7. The molecule has 0 unspecified atom stereocenters. The molecule has 0 fully saturated rings. The lowest BCUT2D eigenvalue weighted by molar-refractivity contribution is -0.149. The number of thioether (sulfide) groups is 1. The average Bonchev–Trinajstić information content (AvgIpc) is 2.30. The molecule has 0 radical (unpaired) electrons. The number of hydrogen-bond acceptors (Lipinski definition) is 4. The average molecular weight is 262 g/mol. The van der Waals surface area contributed by atoms with Crippen molar-refractivity contribution in [2.75, 3.05) is 25.3 Å². The second kappa shape index (κ2) is 8.22. The topological polar surface area (TPSA) is 67.4 Å². The minimum absolute atomic E-state index is 0.171. The first-order valence-electron chi connectivity index (χ1n) is 5.62. The summed E-state index contributed by atoms with van der Waals surface area (Å²) in [7, 11) is 1.38. The number of carbonyl (C=O) groups excluding carboxylic acids is 2. The van der Waals surface area contributed by atoms with Gasteiger partial charge in [0, 0.05) is 12.3 Å². The number of ether oxygens (including phenoxy) is 1. The summed E-state index contributed by atoms with van der Waals surface area (Å²) < 4.78 is 4.69. The van der Waals surface area contributed by atoms with Crippen LogP contribution in [0.15, 0.2) is 0 Å². The van der Waals surface area contributed by atoms with E-state index in [0.29, 0.717) is 18.2 Å². The highest BCUT2D eigenvalue weighted by molar-refractivity contribution is 7.99. The summed E-state index contributed by atoms with van der Waals surface area (Å²) in [5.74, 6) is 0.851. The van der Waals surface area contributed by atoms with E-state index < -0.39 is 5.41 Å². The van der Waals surface area contributed by atoms with E-state index in [1.54, 1.807) is 0 Å². The van der Waals surface area contributed by atoms with Crippen LogP contribution in [0.25, 0.3) is 0 Å². The quantitative estimate of drug-likeness (QED) is 0.415. The summed E-state index contributed by atoms with van der Waals surface area (Å²) in [6, 6.07) is -0.171. The van der Waals surface area contributed by atoms with Crippen molar-refractivity contribution in [1.82, 2.24) is 10.6 Å². The Morgan fingerprint density at radius 3 is 2.47 bits per heavy atom. The summed E-state index contributed by atoms with van der Waals surface area (Å²) in [6.45, 7) is 6.31. The largest absolute Gasteiger partial charge is 0.469 e. The molecule has 0 rings (SSSR count). The molecule has 17 heavy (non-hydrogen) atoms. The SMILES string of the molecule is CCCNC(=O)NCSCC(C)(C)C(=O)OC. The van der Waals surface area contributed by atoms with Crippen LogP contribution in [0, 0.1) is 5.41 Å². The first kappa shape index (κ1) is 16.1. The molecular weight excluding hydrogens is 240 g/mol. The fourth-order valence-corrected chi connectivity index (χ4v) is 2.02. The zero-order valence-electron chi connectivity index (χ0n) is 11.0. The van der Waals surface area contributed by atoms with E-state index in [2.05, 4.69) is 10.6 Å². The van der Waals surface area contributed by atoms with Gasteiger partial charge in [-0.05, 0) is 20.3 Å². The van der Waals surface area contributed by atoms with Crippen molar-refractivity contribution in [3.63, 3.8) is 0 Å². The molecule has 0 aromatic heterocycles. The third-order valence-corrected chi connectivity index (χ3v) is 3.35. The second-order valence-electron chi connectivity index (χ2n) is 4.30. The number of esters is 1. The van der Waals surface area contributed by atoms with Gasteiger partial charge in [0.25, 0.3) is 0 Å². The van der Waals surface area contributed by atoms with Crippen LogP contribution in [0.1, 0.15) is 27.2 Å². The number of nitrogens with one attached hydrogen (secondary N) is 2. The van der Waals surface area contributed by atoms with Crippen LogP contribution >= 0.6 is 11.8 Å². The molecule has 0 saturated heterocycles. The van der Waals surface area contributed by atoms with Gasteiger partial charge in [0.2, 0.25) is 0 Å². The fourth-order valence-electron chi connectivity index (χ4n) is 1.06. The van der Waals surface area contributed by atoms with E-state index in [-0.39, 0.29) is 12.0 Å². The number of carbonyl (C=O) groups is 2. The number of urea groups is 1. The monoisotopic (exact) mass is 262 g/mol. The van der Waals surface area contributed by atoms with Crippen molar-refractivity contribution < 1.29 is 14.3 Å². The molecule has 0 bridgehead atoms. The van der Waals surface area contributed by atoms with Crippen LogP contribution in [0.5, 0.6) is 0 Å². The lowest BCUT2D eigenvalue weighted by atomic mass is 9.97. The molecule has 0 aliphatic rings. The van der Waals surface area contributed by atoms with Crippen molar-refractivity contribution in [2.45, 2.75) is 27.2 Å². The Balaban J connectivity index is 3.70. The lowest BCUT2D eigenvalue weighted by Crippen LogP contribution is -2.36. The van der Waals surface area contributed by atoms with Gasteiger partial charge >= 0.3 is 12.0 Å². The van der Waals surface area contributed by atoms with E-state index in [0.717, 1.165) is 6.42 Å². The molecular formula is C11H22N2O3S. The Labute approximate surface area is 107 Å². The van der Waals surface area contributed by atoms with Crippen LogP contribution in [-0.2, 0) is 9.53 Å². The first-order chi connectivity index (χ1) is 7.94. The highest BCUT2D eigenvalue weighted by Crippen LogP contribution is 2.22. The number of hydrogen-bond donors (Lipinski definition) is 2. The van der Waals surface area contributed by atoms with E-state index in [1.165, 1.54) is 18.9 Å². The van der Waals surface area contributed by atoms with Gasteiger partial charge in [-0.25, -0.2) is 4.79 Å². The molecule has 0 atom stereocenters. The molecule has 0 aromatic rings. The molecule has 0 aliphatic carbocycles. The molecule has 2 N–H and O–H groups in total. The normalized spacial score (nSPS) is 10.8. The van der Waals surface area contributed by atoms with Gasteiger partial charge in [-0.1, -0.05) is 6.92 Å². The van der Waals surface area contributed by atoms with E-state index >= 15 is 0 Å². The van der Waals surface area contributed by atoms with Crippen LogP contribution in [-0.4, -0.2) is 37.3 Å². The number of amides is 2. The van der Waals surface area contributed by atoms with Crippen LogP contribution in [0.2, 0.25) is 0 Å². The Morgan fingerprint density at radius 2 is 1.94 bits per heavy atom. The van der Waals surface area contributed by atoms with Gasteiger partial charge in [-0.2, -0.15) is 0 Å². The van der Waals surface area contributed by atoms with Gasteiger partial charge in [-0.15, -0.1) is 11.8 Å². The van der Waals surface area contributed by atoms with E-state index in [4.69, 9.17) is 4.74 Å². The molecule has 0 saturated carbocycles. The third-order valence-electron chi connectivity index (χ3n) is 2.07. The van der Waals surface area contributed by atoms with E-state index in [9.17, 15) is 9.59 Å². The predicted molar refractivity (Wildman–Crippen MR) is 69.9 cm³/mol. The highest BCUT2D eigenvalue weighted by atomic mass is 32.2. The molecule has 5 nitrogen and oxygen atoms in total. The van der Waals surface area contributed by atoms with Gasteiger partial charge in [0.15, 0.2) is 0 Å². The Bertz CT molecular complexity index is 257. The zero-order chi connectivity index (χ0) is 13.3. The van der Waals surface area contributed by atoms with Gasteiger partial charge in [0.05, 0.1) is 18.4 Å². The molecule has 0 heterocycles.